The Labute approximate surface area is 139 Å². The monoisotopic (exact) mass is 329 g/mol. The van der Waals surface area contributed by atoms with Gasteiger partial charge in [-0.1, -0.05) is 0 Å². The fourth-order valence-corrected chi connectivity index (χ4v) is 3.41. The van der Waals surface area contributed by atoms with Crippen LogP contribution in [0.5, 0.6) is 0 Å². The van der Waals surface area contributed by atoms with Crippen LogP contribution in [0.2, 0.25) is 0 Å². The van der Waals surface area contributed by atoms with E-state index in [1.165, 1.54) is 32.5 Å². The maximum atomic E-state index is 5.92. The number of hydrogen-bond acceptors (Lipinski definition) is 5. The Morgan fingerprint density at radius 2 is 2.00 bits per heavy atom. The van der Waals surface area contributed by atoms with Gasteiger partial charge in [0.2, 0.25) is 0 Å². The van der Waals surface area contributed by atoms with Gasteiger partial charge in [0.1, 0.15) is 11.6 Å². The summed E-state index contributed by atoms with van der Waals surface area (Å²) in [7, 11) is 0. The average Bonchev–Trinajstić information content (AvgIpc) is 2.78. The standard InChI is InChI=1S/C15H27N5O.ClH/c1-12-17-13(2)20(18-12)11-15-10-19(7-8-21-15)9-14-3-5-16-6-4-14;/h14-16H,3-11H2,1-2H3;1H. The number of aromatic nitrogens is 3. The lowest BCUT2D eigenvalue weighted by Crippen LogP contribution is -2.47. The summed E-state index contributed by atoms with van der Waals surface area (Å²) in [5, 5.41) is 7.88. The largest absolute Gasteiger partial charge is 0.374 e. The average molecular weight is 330 g/mol. The molecule has 0 saturated carbocycles. The van der Waals surface area contributed by atoms with Crippen molar-refractivity contribution in [3.8, 4) is 0 Å². The quantitative estimate of drug-likeness (QED) is 0.893. The van der Waals surface area contributed by atoms with Crippen LogP contribution in [0.25, 0.3) is 0 Å². The number of morpholine rings is 1. The Morgan fingerprint density at radius 1 is 1.23 bits per heavy atom. The summed E-state index contributed by atoms with van der Waals surface area (Å²) < 4.78 is 7.90. The van der Waals surface area contributed by atoms with Crippen LogP contribution in [0.4, 0.5) is 0 Å². The molecule has 126 valence electrons. The maximum absolute atomic E-state index is 5.92. The molecule has 2 saturated heterocycles. The molecule has 1 N–H and O–H groups in total. The topological polar surface area (TPSA) is 55.2 Å². The number of hydrogen-bond donors (Lipinski definition) is 1. The Kier molecular flexibility index (Phi) is 6.62. The highest BCUT2D eigenvalue weighted by Crippen LogP contribution is 2.16. The van der Waals surface area contributed by atoms with Gasteiger partial charge in [-0.2, -0.15) is 5.10 Å². The number of nitrogens with zero attached hydrogens (tertiary/aromatic N) is 4. The molecular formula is C15H28ClN5O. The number of ether oxygens (including phenoxy) is 1. The van der Waals surface area contributed by atoms with E-state index in [4.69, 9.17) is 4.74 Å². The van der Waals surface area contributed by atoms with Crippen LogP contribution >= 0.6 is 12.4 Å². The third-order valence-corrected chi connectivity index (χ3v) is 4.54. The van der Waals surface area contributed by atoms with Gasteiger partial charge in [0.05, 0.1) is 19.3 Å². The molecule has 1 aromatic rings. The molecule has 1 aromatic heterocycles. The number of aryl methyl sites for hydroxylation is 2. The molecule has 0 amide bonds. The van der Waals surface area contributed by atoms with E-state index in [0.717, 1.165) is 43.8 Å². The van der Waals surface area contributed by atoms with Gasteiger partial charge < -0.3 is 10.1 Å². The van der Waals surface area contributed by atoms with E-state index in [1.54, 1.807) is 0 Å². The molecule has 2 fully saturated rings. The highest BCUT2D eigenvalue weighted by molar-refractivity contribution is 5.85. The molecule has 7 heteroatoms. The first-order valence-corrected chi connectivity index (χ1v) is 8.13. The van der Waals surface area contributed by atoms with E-state index in [2.05, 4.69) is 20.3 Å². The highest BCUT2D eigenvalue weighted by Gasteiger charge is 2.24. The first kappa shape index (κ1) is 17.7. The second-order valence-electron chi connectivity index (χ2n) is 6.33. The number of rotatable bonds is 4. The Morgan fingerprint density at radius 3 is 2.68 bits per heavy atom. The van der Waals surface area contributed by atoms with Crippen LogP contribution in [0, 0.1) is 19.8 Å². The molecule has 22 heavy (non-hydrogen) atoms. The van der Waals surface area contributed by atoms with Gasteiger partial charge in [0, 0.05) is 19.6 Å². The van der Waals surface area contributed by atoms with Crippen molar-refractivity contribution in [3.63, 3.8) is 0 Å². The predicted molar refractivity (Wildman–Crippen MR) is 88.5 cm³/mol. The van der Waals surface area contributed by atoms with E-state index >= 15 is 0 Å². The molecule has 0 spiro atoms. The van der Waals surface area contributed by atoms with Gasteiger partial charge in [0.15, 0.2) is 0 Å². The van der Waals surface area contributed by atoms with Crippen LogP contribution in [0.1, 0.15) is 24.5 Å². The molecule has 0 bridgehead atoms. The fourth-order valence-electron chi connectivity index (χ4n) is 3.41. The maximum Gasteiger partial charge on any atom is 0.147 e. The van der Waals surface area contributed by atoms with Crippen LogP contribution in [-0.4, -0.2) is 65.1 Å². The van der Waals surface area contributed by atoms with Crippen molar-refractivity contribution in [2.75, 3.05) is 39.3 Å². The third-order valence-electron chi connectivity index (χ3n) is 4.54. The predicted octanol–water partition coefficient (Wildman–Crippen LogP) is 1.02. The first-order valence-electron chi connectivity index (χ1n) is 8.13. The lowest BCUT2D eigenvalue weighted by atomic mass is 9.97. The molecular weight excluding hydrogens is 302 g/mol. The molecule has 6 nitrogen and oxygen atoms in total. The van der Waals surface area contributed by atoms with Crippen molar-refractivity contribution in [2.45, 2.75) is 39.3 Å². The summed E-state index contributed by atoms with van der Waals surface area (Å²) in [6.45, 7) is 11.3. The summed E-state index contributed by atoms with van der Waals surface area (Å²) >= 11 is 0. The second kappa shape index (κ2) is 8.24. The molecule has 1 unspecified atom stereocenters. The lowest BCUT2D eigenvalue weighted by Gasteiger charge is -2.36. The molecule has 0 aromatic carbocycles. The molecule has 3 heterocycles. The number of nitrogens with one attached hydrogen (secondary N) is 1. The molecule has 0 radical (unpaired) electrons. The zero-order valence-electron chi connectivity index (χ0n) is 13.6. The van der Waals surface area contributed by atoms with Crippen molar-refractivity contribution in [1.29, 1.82) is 0 Å². The van der Waals surface area contributed by atoms with Gasteiger partial charge in [0.25, 0.3) is 0 Å². The minimum absolute atomic E-state index is 0. The Hall–Kier alpha value is -0.690. The van der Waals surface area contributed by atoms with Crippen LogP contribution in [0.3, 0.4) is 0 Å². The summed E-state index contributed by atoms with van der Waals surface area (Å²) in [6, 6.07) is 0. The Balaban J connectivity index is 0.00000176. The van der Waals surface area contributed by atoms with Gasteiger partial charge >= 0.3 is 0 Å². The van der Waals surface area contributed by atoms with E-state index in [9.17, 15) is 0 Å². The van der Waals surface area contributed by atoms with Crippen LogP contribution in [0.15, 0.2) is 0 Å². The molecule has 1 atom stereocenters. The lowest BCUT2D eigenvalue weighted by molar-refractivity contribution is -0.0429. The van der Waals surface area contributed by atoms with E-state index in [1.807, 2.05) is 18.5 Å². The molecule has 2 aliphatic rings. The zero-order chi connectivity index (χ0) is 14.7. The van der Waals surface area contributed by atoms with Crippen LogP contribution in [-0.2, 0) is 11.3 Å². The first-order chi connectivity index (χ1) is 10.2. The SMILES string of the molecule is Cc1nc(C)n(CC2CN(CC3CCNCC3)CCO2)n1.Cl. The number of halogens is 1. The smallest absolute Gasteiger partial charge is 0.147 e. The Bertz CT molecular complexity index is 461. The number of piperidine rings is 1. The molecule has 3 rings (SSSR count). The van der Waals surface area contributed by atoms with Crippen molar-refractivity contribution >= 4 is 12.4 Å². The van der Waals surface area contributed by atoms with E-state index in [-0.39, 0.29) is 18.5 Å². The summed E-state index contributed by atoms with van der Waals surface area (Å²) in [6.07, 6.45) is 2.85. The van der Waals surface area contributed by atoms with Gasteiger partial charge in [-0.05, 0) is 45.7 Å². The summed E-state index contributed by atoms with van der Waals surface area (Å²) in [4.78, 5) is 6.94. The zero-order valence-corrected chi connectivity index (χ0v) is 14.4. The van der Waals surface area contributed by atoms with Gasteiger partial charge in [-0.15, -0.1) is 12.4 Å². The molecule has 0 aliphatic carbocycles. The summed E-state index contributed by atoms with van der Waals surface area (Å²) in [5.41, 5.74) is 0. The van der Waals surface area contributed by atoms with E-state index < -0.39 is 0 Å². The van der Waals surface area contributed by atoms with Crippen LogP contribution < -0.4 is 5.32 Å². The fraction of sp³-hybridized carbons (Fsp3) is 0.867. The van der Waals surface area contributed by atoms with Crippen molar-refractivity contribution in [2.24, 2.45) is 5.92 Å². The third kappa shape index (κ3) is 4.65. The highest BCUT2D eigenvalue weighted by atomic mass is 35.5. The summed E-state index contributed by atoms with van der Waals surface area (Å²) in [5.74, 6) is 2.67. The minimum Gasteiger partial charge on any atom is -0.374 e. The van der Waals surface area contributed by atoms with E-state index in [0.29, 0.717) is 0 Å². The normalized spacial score (nSPS) is 24.2. The van der Waals surface area contributed by atoms with Gasteiger partial charge in [-0.25, -0.2) is 9.67 Å². The minimum atomic E-state index is 0. The van der Waals surface area contributed by atoms with Crippen molar-refractivity contribution in [1.82, 2.24) is 25.0 Å². The van der Waals surface area contributed by atoms with Crippen molar-refractivity contribution in [3.05, 3.63) is 11.6 Å². The van der Waals surface area contributed by atoms with Gasteiger partial charge in [-0.3, -0.25) is 4.90 Å². The van der Waals surface area contributed by atoms with Crippen molar-refractivity contribution < 1.29 is 4.74 Å². The molecule has 2 aliphatic heterocycles. The second-order valence-corrected chi connectivity index (χ2v) is 6.33.